The molecule has 0 amide bonds. The van der Waals surface area contributed by atoms with Gasteiger partial charge in [0.25, 0.3) is 0 Å². The highest BCUT2D eigenvalue weighted by Gasteiger charge is 2.12. The Kier molecular flexibility index (Phi) is 4.47. The SMILES string of the molecule is CS(=O)(=O)Nc1ccc(-c2ccc(N3CCCCC3)nn2)cc1. The van der Waals surface area contributed by atoms with Crippen molar-refractivity contribution in [1.29, 1.82) is 0 Å². The predicted molar refractivity (Wildman–Crippen MR) is 92.0 cm³/mol. The molecular weight excluding hydrogens is 312 g/mol. The Morgan fingerprint density at radius 1 is 0.957 bits per heavy atom. The van der Waals surface area contributed by atoms with Crippen molar-refractivity contribution in [3.63, 3.8) is 0 Å². The molecule has 1 saturated heterocycles. The fourth-order valence-corrected chi connectivity index (χ4v) is 3.26. The van der Waals surface area contributed by atoms with Crippen LogP contribution in [-0.2, 0) is 10.0 Å². The third-order valence-corrected chi connectivity index (χ3v) is 4.42. The number of anilines is 2. The minimum Gasteiger partial charge on any atom is -0.355 e. The van der Waals surface area contributed by atoms with E-state index in [4.69, 9.17) is 0 Å². The molecule has 1 aliphatic heterocycles. The average molecular weight is 332 g/mol. The van der Waals surface area contributed by atoms with Crippen molar-refractivity contribution >= 4 is 21.5 Å². The summed E-state index contributed by atoms with van der Waals surface area (Å²) in [5, 5.41) is 8.62. The second kappa shape index (κ2) is 6.54. The second-order valence-electron chi connectivity index (χ2n) is 5.78. The summed E-state index contributed by atoms with van der Waals surface area (Å²) in [5.41, 5.74) is 2.22. The summed E-state index contributed by atoms with van der Waals surface area (Å²) in [6.45, 7) is 2.08. The van der Waals surface area contributed by atoms with E-state index in [2.05, 4.69) is 19.8 Å². The molecule has 23 heavy (non-hydrogen) atoms. The van der Waals surface area contributed by atoms with Crippen molar-refractivity contribution in [3.8, 4) is 11.3 Å². The Balaban J connectivity index is 1.74. The predicted octanol–water partition coefficient (Wildman–Crippen LogP) is 2.51. The third-order valence-electron chi connectivity index (χ3n) is 3.81. The molecular formula is C16H20N4O2S. The van der Waals surface area contributed by atoms with Crippen molar-refractivity contribution in [2.75, 3.05) is 29.0 Å². The lowest BCUT2D eigenvalue weighted by Gasteiger charge is -2.27. The average Bonchev–Trinajstić information content (AvgIpc) is 2.55. The largest absolute Gasteiger partial charge is 0.355 e. The van der Waals surface area contributed by atoms with Gasteiger partial charge in [-0.2, -0.15) is 0 Å². The van der Waals surface area contributed by atoms with Gasteiger partial charge in [0.2, 0.25) is 10.0 Å². The molecule has 1 N–H and O–H groups in total. The second-order valence-corrected chi connectivity index (χ2v) is 7.52. The lowest BCUT2D eigenvalue weighted by atomic mass is 10.1. The fourth-order valence-electron chi connectivity index (χ4n) is 2.69. The van der Waals surface area contributed by atoms with Crippen LogP contribution in [0.15, 0.2) is 36.4 Å². The summed E-state index contributed by atoms with van der Waals surface area (Å²) < 4.78 is 24.9. The zero-order valence-electron chi connectivity index (χ0n) is 13.1. The highest BCUT2D eigenvalue weighted by molar-refractivity contribution is 7.92. The first kappa shape index (κ1) is 15.7. The molecule has 3 rings (SSSR count). The smallest absolute Gasteiger partial charge is 0.229 e. The van der Waals surface area contributed by atoms with Gasteiger partial charge in [-0.05, 0) is 43.5 Å². The van der Waals surface area contributed by atoms with E-state index in [1.54, 1.807) is 12.1 Å². The molecule has 1 aliphatic rings. The van der Waals surface area contributed by atoms with Crippen LogP contribution in [-0.4, -0.2) is 38.0 Å². The van der Waals surface area contributed by atoms with Gasteiger partial charge in [-0.3, -0.25) is 4.72 Å². The van der Waals surface area contributed by atoms with Gasteiger partial charge in [0.05, 0.1) is 11.9 Å². The van der Waals surface area contributed by atoms with Crippen LogP contribution in [0.25, 0.3) is 11.3 Å². The first-order chi connectivity index (χ1) is 11.0. The molecule has 1 aromatic carbocycles. The van der Waals surface area contributed by atoms with Crippen molar-refractivity contribution in [3.05, 3.63) is 36.4 Å². The van der Waals surface area contributed by atoms with E-state index in [0.717, 1.165) is 36.4 Å². The molecule has 2 heterocycles. The number of nitrogens with one attached hydrogen (secondary N) is 1. The molecule has 6 nitrogen and oxygen atoms in total. The van der Waals surface area contributed by atoms with Crippen molar-refractivity contribution in [2.45, 2.75) is 19.3 Å². The van der Waals surface area contributed by atoms with E-state index in [1.165, 1.54) is 19.3 Å². The van der Waals surface area contributed by atoms with E-state index >= 15 is 0 Å². The summed E-state index contributed by atoms with van der Waals surface area (Å²) in [7, 11) is -3.26. The van der Waals surface area contributed by atoms with Gasteiger partial charge in [0, 0.05) is 24.3 Å². The Labute approximate surface area is 136 Å². The fraction of sp³-hybridized carbons (Fsp3) is 0.375. The van der Waals surface area contributed by atoms with Gasteiger partial charge < -0.3 is 4.90 Å². The van der Waals surface area contributed by atoms with Crippen molar-refractivity contribution in [1.82, 2.24) is 10.2 Å². The van der Waals surface area contributed by atoms with E-state index in [-0.39, 0.29) is 0 Å². The van der Waals surface area contributed by atoms with Crippen LogP contribution in [0.1, 0.15) is 19.3 Å². The number of hydrogen-bond donors (Lipinski definition) is 1. The maximum absolute atomic E-state index is 11.2. The molecule has 7 heteroatoms. The van der Waals surface area contributed by atoms with E-state index in [0.29, 0.717) is 5.69 Å². The van der Waals surface area contributed by atoms with Crippen LogP contribution in [0, 0.1) is 0 Å². The van der Waals surface area contributed by atoms with Crippen LogP contribution in [0.3, 0.4) is 0 Å². The van der Waals surface area contributed by atoms with Gasteiger partial charge in [0.15, 0.2) is 5.82 Å². The molecule has 0 radical (unpaired) electrons. The zero-order chi connectivity index (χ0) is 16.3. The summed E-state index contributed by atoms with van der Waals surface area (Å²) in [5.74, 6) is 0.920. The number of nitrogens with zero attached hydrogens (tertiary/aromatic N) is 3. The Bertz CT molecular complexity index is 752. The molecule has 0 bridgehead atoms. The number of rotatable bonds is 4. The first-order valence-corrected chi connectivity index (χ1v) is 9.57. The summed E-state index contributed by atoms with van der Waals surface area (Å²) in [4.78, 5) is 2.26. The maximum atomic E-state index is 11.2. The zero-order valence-corrected chi connectivity index (χ0v) is 13.9. The third kappa shape index (κ3) is 4.19. The minimum absolute atomic E-state index is 0.536. The molecule has 0 atom stereocenters. The molecule has 2 aromatic rings. The van der Waals surface area contributed by atoms with Gasteiger partial charge in [-0.1, -0.05) is 12.1 Å². The quantitative estimate of drug-likeness (QED) is 0.931. The number of aromatic nitrogens is 2. The number of piperidine rings is 1. The Hall–Kier alpha value is -2.15. The summed E-state index contributed by atoms with van der Waals surface area (Å²) >= 11 is 0. The molecule has 1 fully saturated rings. The van der Waals surface area contributed by atoms with E-state index < -0.39 is 10.0 Å². The standard InChI is InChI=1S/C16H20N4O2S/c1-23(21,22)19-14-7-5-13(6-8-14)15-9-10-16(18-17-15)20-11-3-2-4-12-20/h5-10,19H,2-4,11-12H2,1H3. The molecule has 1 aromatic heterocycles. The first-order valence-electron chi connectivity index (χ1n) is 7.68. The van der Waals surface area contributed by atoms with Crippen LogP contribution in [0.5, 0.6) is 0 Å². The van der Waals surface area contributed by atoms with E-state index in [9.17, 15) is 8.42 Å². The highest BCUT2D eigenvalue weighted by Crippen LogP contribution is 2.22. The van der Waals surface area contributed by atoms with Crippen LogP contribution < -0.4 is 9.62 Å². The molecule has 122 valence electrons. The Morgan fingerprint density at radius 3 is 2.22 bits per heavy atom. The lowest BCUT2D eigenvalue weighted by molar-refractivity contribution is 0.571. The lowest BCUT2D eigenvalue weighted by Crippen LogP contribution is -2.30. The van der Waals surface area contributed by atoms with Crippen molar-refractivity contribution < 1.29 is 8.42 Å². The number of sulfonamides is 1. The molecule has 0 saturated carbocycles. The summed E-state index contributed by atoms with van der Waals surface area (Å²) in [6, 6.07) is 11.1. The molecule has 0 unspecified atom stereocenters. The topological polar surface area (TPSA) is 75.2 Å². The monoisotopic (exact) mass is 332 g/mol. The van der Waals surface area contributed by atoms with E-state index in [1.807, 2.05) is 24.3 Å². The van der Waals surface area contributed by atoms with Crippen molar-refractivity contribution in [2.24, 2.45) is 0 Å². The van der Waals surface area contributed by atoms with Gasteiger partial charge in [-0.25, -0.2) is 8.42 Å². The Morgan fingerprint density at radius 2 is 1.65 bits per heavy atom. The van der Waals surface area contributed by atoms with Crippen LogP contribution >= 0.6 is 0 Å². The minimum atomic E-state index is -3.26. The van der Waals surface area contributed by atoms with Gasteiger partial charge in [-0.15, -0.1) is 10.2 Å². The van der Waals surface area contributed by atoms with Crippen LogP contribution in [0.2, 0.25) is 0 Å². The van der Waals surface area contributed by atoms with Crippen LogP contribution in [0.4, 0.5) is 11.5 Å². The normalized spacial score (nSPS) is 15.4. The van der Waals surface area contributed by atoms with Gasteiger partial charge in [0.1, 0.15) is 0 Å². The highest BCUT2D eigenvalue weighted by atomic mass is 32.2. The maximum Gasteiger partial charge on any atom is 0.229 e. The molecule has 0 aliphatic carbocycles. The van der Waals surface area contributed by atoms with Gasteiger partial charge >= 0.3 is 0 Å². The summed E-state index contributed by atoms with van der Waals surface area (Å²) in [6.07, 6.45) is 4.83. The number of benzene rings is 1. The molecule has 0 spiro atoms. The number of hydrogen-bond acceptors (Lipinski definition) is 5.